The lowest BCUT2D eigenvalue weighted by atomic mass is 10.1. The molecule has 2 N–H and O–H groups in total. The molecule has 0 atom stereocenters. The van der Waals surface area contributed by atoms with Crippen molar-refractivity contribution in [3.05, 3.63) is 33.7 Å². The van der Waals surface area contributed by atoms with Gasteiger partial charge < -0.3 is 24.8 Å². The van der Waals surface area contributed by atoms with Gasteiger partial charge in [0.25, 0.3) is 0 Å². The zero-order valence-corrected chi connectivity index (χ0v) is 18.5. The largest absolute Gasteiger partial charge is 0.493 e. The molecule has 0 spiro atoms. The molecule has 1 heterocycles. The number of benzene rings is 1. The number of rotatable bonds is 9. The Morgan fingerprint density at radius 3 is 2.31 bits per heavy atom. The molecule has 29 heavy (non-hydrogen) atoms. The van der Waals surface area contributed by atoms with Crippen molar-refractivity contribution in [1.82, 2.24) is 0 Å². The molecule has 2 aromatic rings. The Kier molecular flexibility index (Phi) is 7.90. The fourth-order valence-electron chi connectivity index (χ4n) is 2.95. The fourth-order valence-corrected chi connectivity index (χ4v) is 4.10. The van der Waals surface area contributed by atoms with Gasteiger partial charge in [-0.25, -0.2) is 4.79 Å². The summed E-state index contributed by atoms with van der Waals surface area (Å²) >= 11 is 1.41. The summed E-state index contributed by atoms with van der Waals surface area (Å²) in [6, 6.07) is 3.63. The van der Waals surface area contributed by atoms with Crippen LogP contribution in [0.4, 0.5) is 10.7 Å². The third-order valence-corrected chi connectivity index (χ3v) is 5.82. The van der Waals surface area contributed by atoms with Gasteiger partial charge in [-0.2, -0.15) is 0 Å². The fraction of sp³-hybridized carbons (Fsp3) is 0.429. The molecule has 0 aliphatic rings. The summed E-state index contributed by atoms with van der Waals surface area (Å²) in [5, 5.41) is 6.48. The number of thiophene rings is 1. The Hall–Kier alpha value is -2.74. The highest BCUT2D eigenvalue weighted by atomic mass is 32.1. The van der Waals surface area contributed by atoms with Crippen LogP contribution in [-0.4, -0.2) is 39.2 Å². The maximum Gasteiger partial charge on any atom is 0.341 e. The minimum absolute atomic E-state index is 0.0387. The van der Waals surface area contributed by atoms with Gasteiger partial charge in [0.2, 0.25) is 5.91 Å². The Labute approximate surface area is 175 Å². The summed E-state index contributed by atoms with van der Waals surface area (Å²) in [7, 11) is 3.14. The van der Waals surface area contributed by atoms with Crippen molar-refractivity contribution in [3.8, 4) is 11.5 Å². The van der Waals surface area contributed by atoms with E-state index in [-0.39, 0.29) is 19.1 Å². The van der Waals surface area contributed by atoms with Crippen LogP contribution >= 0.6 is 11.3 Å². The molecule has 8 heteroatoms. The molecule has 1 aromatic carbocycles. The first kappa shape index (κ1) is 22.5. The third-order valence-electron chi connectivity index (χ3n) is 4.47. The highest BCUT2D eigenvalue weighted by molar-refractivity contribution is 7.17. The predicted molar refractivity (Wildman–Crippen MR) is 116 cm³/mol. The van der Waals surface area contributed by atoms with Crippen LogP contribution in [0, 0.1) is 13.8 Å². The number of carbonyl (C=O) groups excluding carboxylic acids is 2. The van der Waals surface area contributed by atoms with E-state index in [1.165, 1.54) is 11.3 Å². The van der Waals surface area contributed by atoms with Crippen LogP contribution < -0.4 is 20.1 Å². The van der Waals surface area contributed by atoms with Crippen LogP contribution in [0.3, 0.4) is 0 Å². The molecule has 7 nitrogen and oxygen atoms in total. The van der Waals surface area contributed by atoms with Crippen molar-refractivity contribution in [2.75, 3.05) is 38.0 Å². The lowest BCUT2D eigenvalue weighted by molar-refractivity contribution is -0.114. The average Bonchev–Trinajstić information content (AvgIpc) is 3.01. The molecule has 0 aliphatic carbocycles. The maximum atomic E-state index is 12.5. The van der Waals surface area contributed by atoms with E-state index in [1.54, 1.807) is 27.2 Å². The van der Waals surface area contributed by atoms with Crippen molar-refractivity contribution in [2.45, 2.75) is 34.1 Å². The van der Waals surface area contributed by atoms with Crippen LogP contribution in [0.25, 0.3) is 0 Å². The molecule has 0 fully saturated rings. The lowest BCUT2D eigenvalue weighted by Crippen LogP contribution is -2.23. The molecule has 1 aromatic heterocycles. The van der Waals surface area contributed by atoms with Crippen molar-refractivity contribution in [2.24, 2.45) is 0 Å². The first-order chi connectivity index (χ1) is 13.9. The van der Waals surface area contributed by atoms with Gasteiger partial charge in [0.05, 0.1) is 32.9 Å². The van der Waals surface area contributed by atoms with Gasteiger partial charge in [-0.3, -0.25) is 4.79 Å². The predicted octanol–water partition coefficient (Wildman–Crippen LogP) is 4.17. The van der Waals surface area contributed by atoms with E-state index >= 15 is 0 Å². The molecular weight excluding hydrogens is 392 g/mol. The summed E-state index contributed by atoms with van der Waals surface area (Å²) in [4.78, 5) is 25.9. The van der Waals surface area contributed by atoms with Crippen LogP contribution in [-0.2, 0) is 16.0 Å². The number of hydrogen-bond acceptors (Lipinski definition) is 7. The second kappa shape index (κ2) is 10.2. The van der Waals surface area contributed by atoms with Crippen LogP contribution in [0.1, 0.15) is 40.2 Å². The van der Waals surface area contributed by atoms with Crippen molar-refractivity contribution in [3.63, 3.8) is 0 Å². The molecule has 0 unspecified atom stereocenters. The van der Waals surface area contributed by atoms with Gasteiger partial charge in [0.15, 0.2) is 11.5 Å². The summed E-state index contributed by atoms with van der Waals surface area (Å²) in [5.41, 5.74) is 2.97. The van der Waals surface area contributed by atoms with Crippen molar-refractivity contribution < 1.29 is 23.8 Å². The number of esters is 1. The lowest BCUT2D eigenvalue weighted by Gasteiger charge is -2.14. The van der Waals surface area contributed by atoms with Crippen LogP contribution in [0.15, 0.2) is 12.1 Å². The zero-order chi connectivity index (χ0) is 21.6. The van der Waals surface area contributed by atoms with Gasteiger partial charge in [0.1, 0.15) is 5.00 Å². The van der Waals surface area contributed by atoms with Gasteiger partial charge in [0, 0.05) is 16.6 Å². The SMILES string of the molecule is CCOC(=O)c1c(NC(=O)CNc2cc(OC)c(OC)cc2C)sc(CC)c1C. The van der Waals surface area contributed by atoms with E-state index in [9.17, 15) is 9.59 Å². The molecule has 0 saturated heterocycles. The van der Waals surface area contributed by atoms with E-state index in [4.69, 9.17) is 14.2 Å². The summed E-state index contributed by atoms with van der Waals surface area (Å²) in [6.45, 7) is 7.88. The first-order valence-electron chi connectivity index (χ1n) is 9.41. The molecule has 158 valence electrons. The van der Waals surface area contributed by atoms with E-state index in [0.717, 1.165) is 28.1 Å². The van der Waals surface area contributed by atoms with Gasteiger partial charge in [-0.05, 0) is 44.4 Å². The van der Waals surface area contributed by atoms with E-state index < -0.39 is 5.97 Å². The van der Waals surface area contributed by atoms with Crippen LogP contribution in [0.5, 0.6) is 11.5 Å². The Morgan fingerprint density at radius 2 is 1.72 bits per heavy atom. The quantitative estimate of drug-likeness (QED) is 0.592. The molecule has 2 rings (SSSR count). The highest BCUT2D eigenvalue weighted by Gasteiger charge is 2.23. The summed E-state index contributed by atoms with van der Waals surface area (Å²) < 4.78 is 15.8. The van der Waals surface area contributed by atoms with E-state index in [0.29, 0.717) is 22.1 Å². The number of ether oxygens (including phenoxy) is 3. The number of anilines is 2. The second-order valence-corrected chi connectivity index (χ2v) is 7.46. The number of hydrogen-bond donors (Lipinski definition) is 2. The standard InChI is InChI=1S/C21H28N2O5S/c1-7-17-13(4)19(21(25)28-8-2)20(29-17)23-18(24)11-22-14-10-16(27-6)15(26-5)9-12(14)3/h9-10,22H,7-8,11H2,1-6H3,(H,23,24). The van der Waals surface area contributed by atoms with Gasteiger partial charge >= 0.3 is 5.97 Å². The molecule has 0 aliphatic heterocycles. The minimum Gasteiger partial charge on any atom is -0.493 e. The number of nitrogens with one attached hydrogen (secondary N) is 2. The van der Waals surface area contributed by atoms with Gasteiger partial charge in [-0.15, -0.1) is 11.3 Å². The van der Waals surface area contributed by atoms with Crippen molar-refractivity contribution in [1.29, 1.82) is 0 Å². The topological polar surface area (TPSA) is 85.9 Å². The minimum atomic E-state index is -0.417. The van der Waals surface area contributed by atoms with Crippen molar-refractivity contribution >= 4 is 33.9 Å². The monoisotopic (exact) mass is 420 g/mol. The van der Waals surface area contributed by atoms with E-state index in [1.807, 2.05) is 26.8 Å². The zero-order valence-electron chi connectivity index (χ0n) is 17.7. The Bertz CT molecular complexity index is 892. The van der Waals surface area contributed by atoms with Crippen LogP contribution in [0.2, 0.25) is 0 Å². The van der Waals surface area contributed by atoms with E-state index in [2.05, 4.69) is 10.6 Å². The molecular formula is C21H28N2O5S. The normalized spacial score (nSPS) is 10.4. The second-order valence-electron chi connectivity index (χ2n) is 6.35. The first-order valence-corrected chi connectivity index (χ1v) is 10.2. The molecule has 0 bridgehead atoms. The smallest absolute Gasteiger partial charge is 0.341 e. The number of amides is 1. The third kappa shape index (κ3) is 5.20. The number of methoxy groups -OCH3 is 2. The molecule has 0 radical (unpaired) electrons. The molecule has 1 amide bonds. The Balaban J connectivity index is 2.15. The molecule has 0 saturated carbocycles. The number of carbonyl (C=O) groups is 2. The highest BCUT2D eigenvalue weighted by Crippen LogP contribution is 2.35. The number of aryl methyl sites for hydroxylation is 2. The summed E-state index contributed by atoms with van der Waals surface area (Å²) in [6.07, 6.45) is 0.780. The van der Waals surface area contributed by atoms with Gasteiger partial charge in [-0.1, -0.05) is 6.92 Å². The Morgan fingerprint density at radius 1 is 1.07 bits per heavy atom. The maximum absolute atomic E-state index is 12.5. The summed E-state index contributed by atoms with van der Waals surface area (Å²) in [5.74, 6) is 0.529. The average molecular weight is 421 g/mol.